The zero-order valence-corrected chi connectivity index (χ0v) is 11.3. The summed E-state index contributed by atoms with van der Waals surface area (Å²) in [4.78, 5) is 0.116. The van der Waals surface area contributed by atoms with Crippen molar-refractivity contribution in [2.24, 2.45) is 0 Å². The highest BCUT2D eigenvalue weighted by atomic mass is 35.5. The zero-order valence-electron chi connectivity index (χ0n) is 9.71. The Morgan fingerprint density at radius 3 is 2.83 bits per heavy atom. The van der Waals surface area contributed by atoms with Gasteiger partial charge < -0.3 is 10.8 Å². The van der Waals surface area contributed by atoms with E-state index in [1.54, 1.807) is 0 Å². The minimum atomic E-state index is -3.60. The summed E-state index contributed by atoms with van der Waals surface area (Å²) < 4.78 is 26.1. The van der Waals surface area contributed by atoms with Gasteiger partial charge in [-0.25, -0.2) is 8.42 Å². The monoisotopic (exact) mass is 290 g/mol. The van der Waals surface area contributed by atoms with E-state index in [0.717, 1.165) is 6.42 Å². The Morgan fingerprint density at radius 2 is 2.22 bits per heavy atom. The summed E-state index contributed by atoms with van der Waals surface area (Å²) in [6.07, 6.45) is 1.44. The van der Waals surface area contributed by atoms with E-state index in [9.17, 15) is 13.5 Å². The second-order valence-electron chi connectivity index (χ2n) is 4.28. The van der Waals surface area contributed by atoms with Crippen LogP contribution in [0.1, 0.15) is 12.8 Å². The van der Waals surface area contributed by atoms with E-state index in [1.165, 1.54) is 22.5 Å². The van der Waals surface area contributed by atoms with Crippen LogP contribution in [0.15, 0.2) is 23.1 Å². The maximum Gasteiger partial charge on any atom is 0.243 e. The number of nitrogens with zero attached hydrogens (tertiary/aromatic N) is 1. The molecule has 1 heterocycles. The van der Waals surface area contributed by atoms with Crippen molar-refractivity contribution in [1.29, 1.82) is 0 Å². The molecule has 1 aliphatic rings. The maximum atomic E-state index is 12.4. The Kier molecular flexibility index (Phi) is 3.82. The first-order valence-corrected chi connectivity index (χ1v) is 7.46. The Morgan fingerprint density at radius 1 is 1.50 bits per heavy atom. The summed E-state index contributed by atoms with van der Waals surface area (Å²) in [5.74, 6) is 0. The summed E-state index contributed by atoms with van der Waals surface area (Å²) in [6.45, 7) is 0.262. The molecular formula is C11H15ClN2O3S. The molecule has 0 aliphatic carbocycles. The Labute approximate surface area is 111 Å². The third-order valence-corrected chi connectivity index (χ3v) is 5.40. The number of nitrogens with two attached hydrogens (primary N) is 1. The number of anilines is 1. The number of nitrogen functional groups attached to an aromatic ring is 1. The first-order valence-electron chi connectivity index (χ1n) is 5.64. The fourth-order valence-electron chi connectivity index (χ4n) is 2.13. The van der Waals surface area contributed by atoms with Gasteiger partial charge in [0.25, 0.3) is 0 Å². The highest BCUT2D eigenvalue weighted by molar-refractivity contribution is 7.89. The van der Waals surface area contributed by atoms with Crippen molar-refractivity contribution in [3.05, 3.63) is 23.2 Å². The normalized spacial score (nSPS) is 21.3. The van der Waals surface area contributed by atoms with Gasteiger partial charge in [0.15, 0.2) is 0 Å². The van der Waals surface area contributed by atoms with E-state index in [4.69, 9.17) is 17.3 Å². The molecule has 0 aromatic heterocycles. The average Bonchev–Trinajstić information content (AvgIpc) is 2.81. The van der Waals surface area contributed by atoms with E-state index in [1.807, 2.05) is 0 Å². The molecule has 1 atom stereocenters. The number of sulfonamides is 1. The molecule has 7 heteroatoms. The zero-order chi connectivity index (χ0) is 13.3. The predicted octanol–water partition coefficient (Wildman–Crippen LogP) is 1.07. The quantitative estimate of drug-likeness (QED) is 0.816. The fourth-order valence-corrected chi connectivity index (χ4v) is 3.96. The van der Waals surface area contributed by atoms with Crippen molar-refractivity contribution in [2.75, 3.05) is 18.9 Å². The second kappa shape index (κ2) is 5.05. The first-order chi connectivity index (χ1) is 8.46. The first kappa shape index (κ1) is 13.6. The minimum Gasteiger partial charge on any atom is -0.397 e. The standard InChI is InChI=1S/C11H15ClN2O3S/c12-10-4-3-9(6-11(10)13)18(16,17)14-5-1-2-8(14)7-15/h3-4,6,8,15H,1-2,5,7,13H2. The largest absolute Gasteiger partial charge is 0.397 e. The lowest BCUT2D eigenvalue weighted by atomic mass is 10.2. The van der Waals surface area contributed by atoms with Gasteiger partial charge in [0.05, 0.1) is 22.2 Å². The van der Waals surface area contributed by atoms with E-state index >= 15 is 0 Å². The highest BCUT2D eigenvalue weighted by Crippen LogP contribution is 2.28. The van der Waals surface area contributed by atoms with Gasteiger partial charge in [0.1, 0.15) is 0 Å². The molecule has 0 saturated carbocycles. The van der Waals surface area contributed by atoms with E-state index < -0.39 is 10.0 Å². The molecule has 0 radical (unpaired) electrons. The van der Waals surface area contributed by atoms with Crippen molar-refractivity contribution >= 4 is 27.3 Å². The van der Waals surface area contributed by atoms with Gasteiger partial charge in [-0.15, -0.1) is 0 Å². The lowest BCUT2D eigenvalue weighted by molar-refractivity contribution is 0.213. The van der Waals surface area contributed by atoms with Gasteiger partial charge in [-0.2, -0.15) is 4.31 Å². The number of benzene rings is 1. The van der Waals surface area contributed by atoms with Crippen LogP contribution in [0.4, 0.5) is 5.69 Å². The average molecular weight is 291 g/mol. The topological polar surface area (TPSA) is 83.6 Å². The van der Waals surface area contributed by atoms with E-state index in [2.05, 4.69) is 0 Å². The van der Waals surface area contributed by atoms with Crippen molar-refractivity contribution in [1.82, 2.24) is 4.31 Å². The number of aliphatic hydroxyl groups is 1. The Balaban J connectivity index is 2.38. The van der Waals surface area contributed by atoms with Gasteiger partial charge in [-0.05, 0) is 31.0 Å². The van der Waals surface area contributed by atoms with E-state index in [-0.39, 0.29) is 23.2 Å². The van der Waals surface area contributed by atoms with Crippen LogP contribution in [0, 0.1) is 0 Å². The summed E-state index contributed by atoms with van der Waals surface area (Å²) >= 11 is 5.77. The smallest absolute Gasteiger partial charge is 0.243 e. The van der Waals surface area contributed by atoms with Crippen LogP contribution in [0.2, 0.25) is 5.02 Å². The summed E-state index contributed by atoms with van der Waals surface area (Å²) in [6, 6.07) is 3.91. The van der Waals surface area contributed by atoms with Crippen molar-refractivity contribution < 1.29 is 13.5 Å². The molecule has 0 spiro atoms. The number of halogens is 1. The summed E-state index contributed by atoms with van der Waals surface area (Å²) in [5, 5.41) is 9.52. The van der Waals surface area contributed by atoms with Gasteiger partial charge in [0.2, 0.25) is 10.0 Å². The van der Waals surface area contributed by atoms with Crippen LogP contribution >= 0.6 is 11.6 Å². The molecule has 1 aliphatic heterocycles. The van der Waals surface area contributed by atoms with E-state index in [0.29, 0.717) is 18.0 Å². The van der Waals surface area contributed by atoms with Crippen LogP contribution in [0.25, 0.3) is 0 Å². The molecule has 3 N–H and O–H groups in total. The van der Waals surface area contributed by atoms with Crippen LogP contribution in [-0.2, 0) is 10.0 Å². The number of hydrogen-bond donors (Lipinski definition) is 2. The second-order valence-corrected chi connectivity index (χ2v) is 6.58. The van der Waals surface area contributed by atoms with Gasteiger partial charge in [-0.1, -0.05) is 11.6 Å². The molecular weight excluding hydrogens is 276 g/mol. The molecule has 1 unspecified atom stereocenters. The predicted molar refractivity (Wildman–Crippen MR) is 69.9 cm³/mol. The third kappa shape index (κ3) is 2.33. The number of aliphatic hydroxyl groups excluding tert-OH is 1. The van der Waals surface area contributed by atoms with Gasteiger partial charge >= 0.3 is 0 Å². The third-order valence-electron chi connectivity index (χ3n) is 3.11. The summed E-state index contributed by atoms with van der Waals surface area (Å²) in [7, 11) is -3.60. The highest BCUT2D eigenvalue weighted by Gasteiger charge is 2.34. The number of hydrogen-bond acceptors (Lipinski definition) is 4. The molecule has 1 aromatic rings. The molecule has 18 heavy (non-hydrogen) atoms. The SMILES string of the molecule is Nc1cc(S(=O)(=O)N2CCCC2CO)ccc1Cl. The van der Waals surface area contributed by atoms with Crippen molar-refractivity contribution in [3.63, 3.8) is 0 Å². The van der Waals surface area contributed by atoms with Crippen molar-refractivity contribution in [2.45, 2.75) is 23.8 Å². The van der Waals surface area contributed by atoms with Crippen LogP contribution in [0.3, 0.4) is 0 Å². The van der Waals surface area contributed by atoms with Gasteiger partial charge in [-0.3, -0.25) is 0 Å². The molecule has 1 aromatic carbocycles. The Bertz CT molecular complexity index is 547. The lowest BCUT2D eigenvalue weighted by Gasteiger charge is -2.22. The lowest BCUT2D eigenvalue weighted by Crippen LogP contribution is -2.37. The molecule has 1 fully saturated rings. The maximum absolute atomic E-state index is 12.4. The Hall–Kier alpha value is -0.820. The molecule has 100 valence electrons. The number of rotatable bonds is 3. The molecule has 0 bridgehead atoms. The minimum absolute atomic E-state index is 0.116. The van der Waals surface area contributed by atoms with Crippen LogP contribution in [0.5, 0.6) is 0 Å². The molecule has 0 amide bonds. The van der Waals surface area contributed by atoms with Crippen LogP contribution in [-0.4, -0.2) is 37.0 Å². The van der Waals surface area contributed by atoms with Crippen molar-refractivity contribution in [3.8, 4) is 0 Å². The van der Waals surface area contributed by atoms with Gasteiger partial charge in [0, 0.05) is 12.6 Å². The molecule has 5 nitrogen and oxygen atoms in total. The van der Waals surface area contributed by atoms with Crippen LogP contribution < -0.4 is 5.73 Å². The molecule has 1 saturated heterocycles. The summed E-state index contributed by atoms with van der Waals surface area (Å²) in [5.41, 5.74) is 5.85. The fraction of sp³-hybridized carbons (Fsp3) is 0.455. The molecule has 2 rings (SSSR count).